The Bertz CT molecular complexity index is 3930. The van der Waals surface area contributed by atoms with Gasteiger partial charge in [0.05, 0.1) is 167 Å². The molecule has 3 aliphatic heterocycles. The molecule has 856 valence electrons. The molecule has 0 aliphatic carbocycles. The van der Waals surface area contributed by atoms with Gasteiger partial charge in [0.25, 0.3) is 16.3 Å². The molecule has 3 aliphatic rings. The number of alkyl halides is 1. The Morgan fingerprint density at radius 2 is 0.826 bits per heavy atom. The molecule has 0 amide bonds. The van der Waals surface area contributed by atoms with E-state index in [1.165, 1.54) is 47.0 Å². The van der Waals surface area contributed by atoms with Crippen molar-refractivity contribution in [3.63, 3.8) is 0 Å². The van der Waals surface area contributed by atoms with Crippen LogP contribution in [0.25, 0.3) is 4.85 Å². The SMILES string of the molecule is C=P([O-])(OC)O[C@@H]1C(O[Si](C)(C)C(C)(C)C)[CH-]O[C@@H]1CCP(=O)([O-])OCCOP(=O)([O-])O.CC(C)N(C(C)C)P(Cl)OCCC#N.CCOP(C)(=O)OCCCl.CCOP(C)(=O)OCCO.CCOP(C)(=O)OCCOP(=O)(CC[C@H]1O[CH-]C(O[Si](C)(C)C(C)(C)C)[C@H]1O)OCC.[C-]#[N+]CCOP(O[C@@H]1C(O[Si](C)(C)C(C)(C)C)[CH-]O[C@@H]1CCP(=O)(OCC)OCCOP(C)(=O)OCC)N(C(C)C)C(C)C.[U].[U].[U]. The molecule has 3 rings (SSSR count). The molecule has 0 aromatic rings. The summed E-state index contributed by atoms with van der Waals surface area (Å²) >= 11 is 11.4. The van der Waals surface area contributed by atoms with Gasteiger partial charge in [-0.25, -0.2) is 15.9 Å². The van der Waals surface area contributed by atoms with E-state index in [1.807, 2.05) is 39.9 Å². The molecule has 43 nitrogen and oxygen atoms in total. The summed E-state index contributed by atoms with van der Waals surface area (Å²) in [5, 5.41) is 27.1. The van der Waals surface area contributed by atoms with Gasteiger partial charge in [-0.05, 0) is 200 Å². The fourth-order valence-electron chi connectivity index (χ4n) is 11.5. The Kier molecular flexibility index (Phi) is 86.9. The first-order valence-electron chi connectivity index (χ1n) is 46.9. The maximum atomic E-state index is 13.7. The molecule has 20 atom stereocenters. The zero-order valence-corrected chi connectivity index (χ0v) is 118. The van der Waals surface area contributed by atoms with Crippen molar-refractivity contribution in [1.29, 1.82) is 5.26 Å². The summed E-state index contributed by atoms with van der Waals surface area (Å²) in [6.45, 7) is 77.4. The number of rotatable bonds is 65. The van der Waals surface area contributed by atoms with Crippen molar-refractivity contribution >= 4 is 139 Å². The summed E-state index contributed by atoms with van der Waals surface area (Å²) in [5.41, 5.74) is 0. The van der Waals surface area contributed by atoms with Crippen LogP contribution in [0.5, 0.6) is 0 Å². The summed E-state index contributed by atoms with van der Waals surface area (Å²) in [6.07, 6.45) is -2.03. The van der Waals surface area contributed by atoms with Crippen LogP contribution in [-0.4, -0.2) is 312 Å². The summed E-state index contributed by atoms with van der Waals surface area (Å²) < 4.78 is 236. The standard InChI is InChI=1S/C28H58N2O10P3Si.C19H41O9P2Si.C16H35O12P3Si.C9H18ClN2OP.C5H12ClO3P.C5H13O4P.3U/c1-14-35-42(11,31)37-19-20-38-43(32,36-15-2)21-16-25-27(26(22-33-25)40-44(12,13)28(7,8)9)39-41(34-18-17-29-10)30(23(3)4)24(5)6;1-9-24-29(6,21)26-12-13-27-30(22,25-10-2)14-11-16-18(20)17(15-23-16)28-31(7,8)19(3,4)5;1-16(2,3)32(6,7)28-14-12-24-13(15(14)27-29(5,17)23-4)8-11-30(18,19)25-9-10-26-31(20,21)22;1-8(2)12(9(3)4)14(10)13-7-5-6-11;2*1-3-8-10(2,7)9-5-4-6;;;/h22-27H,14-21H2,1-9,11-13H3;15-18,20H,9-14H2,1-8H3;12-15H,5,8-11H2,1-4,6-7H3,(H3-,17,18,19,20,21,22);8-9H,5,7H2,1-4H3;3-5H2,1-2H3;6H,3-5H2,1-2H3;;;/q2*-1;-2;;;;;;/p-2/t25-,26?,27+,41?,42?,43?;16-,17?,18+,29?,30?;13-,14?,15+,29?;;;;;;/m111....../s1. The van der Waals surface area contributed by atoms with Crippen LogP contribution in [0.15, 0.2) is 0 Å². The van der Waals surface area contributed by atoms with Gasteiger partial charge in [0, 0.05) is 171 Å². The summed E-state index contributed by atoms with van der Waals surface area (Å²) in [7, 11) is -40.1. The van der Waals surface area contributed by atoms with E-state index in [4.69, 9.17) is 149 Å². The third kappa shape index (κ3) is 70.4. The van der Waals surface area contributed by atoms with Gasteiger partial charge in [-0.2, -0.15) is 25.1 Å². The van der Waals surface area contributed by atoms with Gasteiger partial charge in [-0.15, -0.1) is 11.6 Å². The maximum Gasteiger partial charge on any atom is 0.330 e. The Hall–Kier alpha value is 5.05. The second-order valence-corrected chi connectivity index (χ2v) is 73.1. The van der Waals surface area contributed by atoms with Gasteiger partial charge in [0.15, 0.2) is 25.0 Å². The number of hydrogen-bond acceptors (Lipinski definition) is 41. The average Bonchev–Trinajstić information content (AvgIpc) is 1.67. The third-order valence-corrected chi connectivity index (χ3v) is 51.9. The van der Waals surface area contributed by atoms with Gasteiger partial charge < -0.3 is 153 Å². The monoisotopic (exact) mass is 3050 g/mol. The van der Waals surface area contributed by atoms with Crippen LogP contribution in [0.2, 0.25) is 54.4 Å². The van der Waals surface area contributed by atoms with E-state index < -0.39 is 184 Å². The molecule has 0 saturated carbocycles. The smallest absolute Gasteiger partial charge is 0.330 e. The van der Waals surface area contributed by atoms with Crippen LogP contribution < -0.4 is 14.7 Å². The quantitative estimate of drug-likeness (QED) is 0.0167. The Morgan fingerprint density at radius 1 is 0.493 bits per heavy atom. The first-order chi connectivity index (χ1) is 64.5. The average molecular weight is 3050 g/mol. The van der Waals surface area contributed by atoms with Crippen molar-refractivity contribution in [1.82, 2.24) is 9.34 Å². The van der Waals surface area contributed by atoms with Crippen molar-refractivity contribution in [2.75, 3.05) is 177 Å². The van der Waals surface area contributed by atoms with Crippen molar-refractivity contribution in [2.24, 2.45) is 0 Å². The van der Waals surface area contributed by atoms with E-state index >= 15 is 0 Å². The zero-order valence-electron chi connectivity index (χ0n) is 91.3. The number of hydrogen-bond donors (Lipinski definition) is 3. The van der Waals surface area contributed by atoms with Crippen molar-refractivity contribution in [2.45, 2.75) is 318 Å². The largest absolute Gasteiger partial charge is 0.789 e. The Morgan fingerprint density at radius 3 is 1.18 bits per heavy atom. The molecular weight excluding hydrogens is 2870 g/mol. The van der Waals surface area contributed by atoms with Crippen molar-refractivity contribution < 1.29 is 273 Å². The first kappa shape index (κ1) is 160. The van der Waals surface area contributed by atoms with Gasteiger partial charge in [0.1, 0.15) is 14.2 Å². The second-order valence-electron chi connectivity index (χ2n) is 37.4. The van der Waals surface area contributed by atoms with Crippen LogP contribution in [0.4, 0.5) is 0 Å². The number of ether oxygens (including phenoxy) is 3. The van der Waals surface area contributed by atoms with E-state index in [-0.39, 0.29) is 232 Å². The van der Waals surface area contributed by atoms with E-state index in [9.17, 15) is 56.3 Å². The minimum absolute atomic E-state index is 0. The summed E-state index contributed by atoms with van der Waals surface area (Å²) in [5.74, 6) is 0.338. The predicted octanol–water partition coefficient (Wildman–Crippen LogP) is 20.3. The minimum atomic E-state index is -4.97. The van der Waals surface area contributed by atoms with Gasteiger partial charge in [0.2, 0.25) is 14.2 Å². The molecule has 3 heterocycles. The van der Waals surface area contributed by atoms with Gasteiger partial charge >= 0.3 is 45.6 Å². The topological polar surface area (TPSA) is 532 Å². The molecule has 0 bridgehead atoms. The third-order valence-electron chi connectivity index (χ3n) is 21.1. The van der Waals surface area contributed by atoms with E-state index in [2.05, 4.69) is 153 Å². The van der Waals surface area contributed by atoms with E-state index in [1.54, 1.807) is 48.1 Å². The zero-order chi connectivity index (χ0) is 110. The first-order valence-corrected chi connectivity index (χ1v) is 75.7. The van der Waals surface area contributed by atoms with Crippen LogP contribution in [0.3, 0.4) is 0 Å². The fraction of sp³-hybridized carbons (Fsp3) is 0.927. The number of phosphoric ester groups is 1. The predicted molar refractivity (Wildman–Crippen MR) is 558 cm³/mol. The summed E-state index contributed by atoms with van der Waals surface area (Å²) in [6, 6.07) is 2.99. The molecule has 3 fully saturated rings. The number of aliphatic hydroxyl groups is 2. The molecule has 0 radical (unpaired) electrons. The van der Waals surface area contributed by atoms with Crippen molar-refractivity contribution in [3.8, 4) is 6.07 Å². The number of nitrogens with zero attached hydrogens (tertiary/aromatic N) is 4. The molecule has 62 heteroatoms. The second kappa shape index (κ2) is 78.4. The molecule has 3 N–H and O–H groups in total. The molecule has 0 aromatic carbocycles. The van der Waals surface area contributed by atoms with Crippen LogP contribution in [-0.2, 0) is 150 Å². The minimum Gasteiger partial charge on any atom is -0.789 e. The van der Waals surface area contributed by atoms with E-state index in [0.29, 0.717) is 50.6 Å². The Labute approximate surface area is 950 Å². The Balaban J connectivity index is -0.000000426. The number of phosphoric acid groups is 1. The molecule has 0 aromatic heterocycles. The fourth-order valence-corrected chi connectivity index (χ4v) is 28.6. The molecule has 0 spiro atoms. The number of nitriles is 1. The molecule has 3 saturated heterocycles. The van der Waals surface area contributed by atoms with Gasteiger partial charge in [-0.1, -0.05) is 68.6 Å². The van der Waals surface area contributed by atoms with E-state index in [0.717, 1.165) is 0 Å². The maximum absolute atomic E-state index is 13.7. The summed E-state index contributed by atoms with van der Waals surface area (Å²) in [4.78, 5) is 46.9. The van der Waals surface area contributed by atoms with Gasteiger partial charge in [-0.3, -0.25) is 32.0 Å². The van der Waals surface area contributed by atoms with Crippen molar-refractivity contribution in [3.05, 3.63) is 31.2 Å². The van der Waals surface area contributed by atoms with Crippen LogP contribution in [0, 0.1) is 131 Å². The van der Waals surface area contributed by atoms with Crippen LogP contribution in [0.1, 0.15) is 185 Å². The number of halogens is 2. The normalized spacial score (nSPS) is 22.7. The number of aliphatic hydroxyl groups excluding tert-OH is 2. The molecule has 144 heavy (non-hydrogen) atoms. The van der Waals surface area contributed by atoms with Crippen LogP contribution >= 0.6 is 108 Å². The molecule has 14 unspecified atom stereocenters. The molecular formula is C82H175Cl2N4O39P11Si3U3-6.